The number of carbonyl (C=O) groups excluding carboxylic acids is 1. The van der Waals surface area contributed by atoms with E-state index >= 15 is 0 Å². The van der Waals surface area contributed by atoms with Crippen LogP contribution >= 0.6 is 0 Å². The summed E-state index contributed by atoms with van der Waals surface area (Å²) in [5, 5.41) is 17.0. The Kier molecular flexibility index (Phi) is 7.68. The van der Waals surface area contributed by atoms with E-state index in [-0.39, 0.29) is 42.7 Å². The maximum Gasteiger partial charge on any atom is 0.356 e. The van der Waals surface area contributed by atoms with Gasteiger partial charge < -0.3 is 20.9 Å². The Morgan fingerprint density at radius 1 is 1.21 bits per heavy atom. The number of aryl methyl sites for hydroxylation is 1. The standard InChI is InChI=1S/C24H25FN4O4.CH4/c1-14-2-5-17(25)12-19(14)23(30)27-13-15-3-6-18(7-4-15)29-22(24(31)32)20(26)21(28-29)16-8-10-33-11-9-16;/h2-7,12,16H,8-11,13,26H2,1H3,(H,27,30)(H,31,32);1H4. The molecule has 1 aliphatic heterocycles. The molecular weight excluding hydrogens is 439 g/mol. The van der Waals surface area contributed by atoms with Crippen molar-refractivity contribution in [3.8, 4) is 5.69 Å². The molecule has 2 aromatic carbocycles. The van der Waals surface area contributed by atoms with Crippen LogP contribution < -0.4 is 11.1 Å². The summed E-state index contributed by atoms with van der Waals surface area (Å²) in [6, 6.07) is 11.1. The van der Waals surface area contributed by atoms with E-state index in [9.17, 15) is 19.1 Å². The Morgan fingerprint density at radius 3 is 2.53 bits per heavy atom. The molecule has 34 heavy (non-hydrogen) atoms. The molecule has 4 rings (SSSR count). The Morgan fingerprint density at radius 2 is 1.88 bits per heavy atom. The summed E-state index contributed by atoms with van der Waals surface area (Å²) in [7, 11) is 0. The second-order valence-electron chi connectivity index (χ2n) is 8.06. The number of aromatic nitrogens is 2. The van der Waals surface area contributed by atoms with Gasteiger partial charge in [-0.2, -0.15) is 5.10 Å². The molecule has 0 saturated carbocycles. The molecule has 4 N–H and O–H groups in total. The van der Waals surface area contributed by atoms with Gasteiger partial charge in [-0.05, 0) is 55.2 Å². The predicted molar refractivity (Wildman–Crippen MR) is 127 cm³/mol. The van der Waals surface area contributed by atoms with Crippen LogP contribution in [0.25, 0.3) is 5.69 Å². The highest BCUT2D eigenvalue weighted by Crippen LogP contribution is 2.33. The van der Waals surface area contributed by atoms with Gasteiger partial charge in [0.05, 0.1) is 17.1 Å². The van der Waals surface area contributed by atoms with E-state index < -0.39 is 11.8 Å². The number of hydrogen-bond acceptors (Lipinski definition) is 5. The number of nitrogen functional groups attached to an aromatic ring is 1. The molecule has 0 unspecified atom stereocenters. The van der Waals surface area contributed by atoms with E-state index in [4.69, 9.17) is 10.5 Å². The molecule has 180 valence electrons. The third-order valence-corrected chi connectivity index (χ3v) is 5.84. The molecular formula is C25H29FN4O4. The highest BCUT2D eigenvalue weighted by Gasteiger charge is 2.28. The summed E-state index contributed by atoms with van der Waals surface area (Å²) in [6.45, 7) is 3.16. The molecule has 1 aromatic heterocycles. The van der Waals surface area contributed by atoms with Crippen molar-refractivity contribution in [3.63, 3.8) is 0 Å². The lowest BCUT2D eigenvalue weighted by Gasteiger charge is -2.20. The third kappa shape index (κ3) is 5.09. The molecule has 9 heteroatoms. The summed E-state index contributed by atoms with van der Waals surface area (Å²) in [5.41, 5.74) is 9.18. The molecule has 1 aliphatic rings. The monoisotopic (exact) mass is 468 g/mol. The number of amides is 1. The van der Waals surface area contributed by atoms with Crippen LogP contribution in [-0.4, -0.2) is 40.0 Å². The predicted octanol–water partition coefficient (Wildman–Crippen LogP) is 4.06. The van der Waals surface area contributed by atoms with E-state index in [1.165, 1.54) is 16.8 Å². The van der Waals surface area contributed by atoms with Crippen molar-refractivity contribution in [2.75, 3.05) is 18.9 Å². The normalized spacial score (nSPS) is 13.8. The number of hydrogen-bond donors (Lipinski definition) is 3. The smallest absolute Gasteiger partial charge is 0.356 e. The van der Waals surface area contributed by atoms with Crippen molar-refractivity contribution in [1.82, 2.24) is 15.1 Å². The molecule has 0 atom stereocenters. The van der Waals surface area contributed by atoms with Crippen molar-refractivity contribution >= 4 is 17.6 Å². The summed E-state index contributed by atoms with van der Waals surface area (Å²) >= 11 is 0. The van der Waals surface area contributed by atoms with Crippen LogP contribution in [-0.2, 0) is 11.3 Å². The van der Waals surface area contributed by atoms with Crippen LogP contribution in [0.2, 0.25) is 0 Å². The number of aromatic carboxylic acids is 1. The Bertz CT molecular complexity index is 1180. The van der Waals surface area contributed by atoms with Gasteiger partial charge in [0.2, 0.25) is 0 Å². The molecule has 1 saturated heterocycles. The summed E-state index contributed by atoms with van der Waals surface area (Å²) < 4.78 is 20.2. The third-order valence-electron chi connectivity index (χ3n) is 5.84. The Labute approximate surface area is 197 Å². The average Bonchev–Trinajstić information content (AvgIpc) is 3.17. The minimum atomic E-state index is -1.15. The lowest BCUT2D eigenvalue weighted by atomic mass is 9.95. The van der Waals surface area contributed by atoms with Gasteiger partial charge >= 0.3 is 5.97 Å². The number of carboxylic acid groups (broad SMARTS) is 1. The van der Waals surface area contributed by atoms with Gasteiger partial charge in [-0.3, -0.25) is 4.79 Å². The van der Waals surface area contributed by atoms with Crippen LogP contribution in [0.4, 0.5) is 10.1 Å². The Hall–Kier alpha value is -3.72. The zero-order valence-electron chi connectivity index (χ0n) is 18.2. The van der Waals surface area contributed by atoms with Crippen LogP contribution in [0.5, 0.6) is 0 Å². The fourth-order valence-corrected chi connectivity index (χ4v) is 3.98. The molecule has 0 aliphatic carbocycles. The number of carbonyl (C=O) groups is 2. The van der Waals surface area contributed by atoms with Crippen molar-refractivity contribution < 1.29 is 23.8 Å². The van der Waals surface area contributed by atoms with Crippen LogP contribution in [0.3, 0.4) is 0 Å². The molecule has 1 amide bonds. The first-order chi connectivity index (χ1) is 15.8. The first kappa shape index (κ1) is 24.9. The number of benzene rings is 2. The number of nitrogens with one attached hydrogen (secondary N) is 1. The number of nitrogens with two attached hydrogens (primary N) is 1. The van der Waals surface area contributed by atoms with Gasteiger partial charge in [0.1, 0.15) is 5.82 Å². The summed E-state index contributed by atoms with van der Waals surface area (Å²) in [6.07, 6.45) is 1.48. The number of halogens is 1. The quantitative estimate of drug-likeness (QED) is 0.502. The first-order valence-corrected chi connectivity index (χ1v) is 10.7. The van der Waals surface area contributed by atoms with Gasteiger partial charge in [0.25, 0.3) is 5.91 Å². The van der Waals surface area contributed by atoms with Gasteiger partial charge in [-0.25, -0.2) is 13.9 Å². The van der Waals surface area contributed by atoms with Gasteiger partial charge in [0.15, 0.2) is 5.69 Å². The second kappa shape index (κ2) is 10.5. The molecule has 3 aromatic rings. The van der Waals surface area contributed by atoms with E-state index in [0.29, 0.717) is 30.2 Å². The Balaban J connectivity index is 0.00000324. The SMILES string of the molecule is C.Cc1ccc(F)cc1C(=O)NCc1ccc(-n2nc(C3CCOCC3)c(N)c2C(=O)O)cc1. The van der Waals surface area contributed by atoms with Crippen molar-refractivity contribution in [2.45, 2.75) is 39.7 Å². The maximum absolute atomic E-state index is 13.5. The topological polar surface area (TPSA) is 119 Å². The number of ether oxygens (including phenoxy) is 1. The zero-order valence-corrected chi connectivity index (χ0v) is 18.2. The molecule has 1 fully saturated rings. The van der Waals surface area contributed by atoms with E-state index in [1.54, 1.807) is 37.3 Å². The fourth-order valence-electron chi connectivity index (χ4n) is 3.98. The van der Waals surface area contributed by atoms with E-state index in [0.717, 1.165) is 18.4 Å². The van der Waals surface area contributed by atoms with Crippen molar-refractivity contribution in [3.05, 3.63) is 76.4 Å². The van der Waals surface area contributed by atoms with Crippen molar-refractivity contribution in [1.29, 1.82) is 0 Å². The lowest BCUT2D eigenvalue weighted by Crippen LogP contribution is -2.23. The minimum Gasteiger partial charge on any atom is -0.476 e. The van der Waals surface area contributed by atoms with Crippen LogP contribution in [0.1, 0.15) is 63.9 Å². The second-order valence-corrected chi connectivity index (χ2v) is 8.06. The number of rotatable bonds is 6. The summed E-state index contributed by atoms with van der Waals surface area (Å²) in [5.74, 6) is -1.94. The fraction of sp³-hybridized carbons (Fsp3) is 0.320. The van der Waals surface area contributed by atoms with Crippen molar-refractivity contribution in [2.24, 2.45) is 0 Å². The largest absolute Gasteiger partial charge is 0.476 e. The zero-order chi connectivity index (χ0) is 23.5. The van der Waals surface area contributed by atoms with E-state index in [1.807, 2.05) is 0 Å². The highest BCUT2D eigenvalue weighted by molar-refractivity contribution is 5.95. The minimum absolute atomic E-state index is 0. The molecule has 0 bridgehead atoms. The highest BCUT2D eigenvalue weighted by atomic mass is 19.1. The van der Waals surface area contributed by atoms with Crippen LogP contribution in [0, 0.1) is 12.7 Å². The first-order valence-electron chi connectivity index (χ1n) is 10.7. The van der Waals surface area contributed by atoms with Gasteiger partial charge in [-0.1, -0.05) is 25.6 Å². The van der Waals surface area contributed by atoms with Gasteiger partial charge in [-0.15, -0.1) is 0 Å². The van der Waals surface area contributed by atoms with E-state index in [2.05, 4.69) is 10.4 Å². The number of carboxylic acids is 1. The van der Waals surface area contributed by atoms with Crippen LogP contribution in [0.15, 0.2) is 42.5 Å². The molecule has 8 nitrogen and oxygen atoms in total. The number of nitrogens with zero attached hydrogens (tertiary/aromatic N) is 2. The molecule has 2 heterocycles. The number of anilines is 1. The molecule has 0 radical (unpaired) electrons. The summed E-state index contributed by atoms with van der Waals surface area (Å²) in [4.78, 5) is 24.3. The average molecular weight is 469 g/mol. The molecule has 0 spiro atoms. The van der Waals surface area contributed by atoms with Gasteiger partial charge in [0, 0.05) is 31.2 Å². The maximum atomic E-state index is 13.5. The lowest BCUT2D eigenvalue weighted by molar-refractivity contribution is 0.0688.